The molecule has 0 spiro atoms. The minimum Gasteiger partial charge on any atom is -0.478 e. The first kappa shape index (κ1) is 80.7. The van der Waals surface area contributed by atoms with E-state index in [1.807, 2.05) is 37.2 Å². The van der Waals surface area contributed by atoms with E-state index in [9.17, 15) is 83.9 Å². The summed E-state index contributed by atoms with van der Waals surface area (Å²) < 4.78 is 158. The number of carboxylic acids is 1. The lowest BCUT2D eigenvalue weighted by atomic mass is 9.83. The molecule has 42 heteroatoms. The Bertz CT molecular complexity index is 4630. The number of aromatic nitrogens is 2. The average molecular weight is 1530 g/mol. The Balaban J connectivity index is 0.741. The van der Waals surface area contributed by atoms with E-state index in [2.05, 4.69) is 40.6 Å². The van der Waals surface area contributed by atoms with E-state index in [-0.39, 0.29) is 142 Å². The van der Waals surface area contributed by atoms with Crippen molar-refractivity contribution in [2.75, 3.05) is 122 Å². The first-order valence-corrected chi connectivity index (χ1v) is 38.5. The summed E-state index contributed by atoms with van der Waals surface area (Å²) in [5.41, 5.74) is 5.43. The molecule has 4 aromatic rings. The maximum Gasteiger partial charge on any atom is 0.490 e. The fraction of sp³-hybridized carbons (Fsp3) is 0.467. The molecule has 13 N–H and O–H groups in total. The van der Waals surface area contributed by atoms with E-state index >= 15 is 0 Å². The van der Waals surface area contributed by atoms with Gasteiger partial charge in [-0.3, -0.25) is 27.8 Å². The number of hydrogen-bond donors (Lipinski definition) is 12. The van der Waals surface area contributed by atoms with Gasteiger partial charge in [-0.05, 0) is 60.9 Å². The van der Waals surface area contributed by atoms with Crippen LogP contribution in [-0.2, 0) is 80.3 Å². The Labute approximate surface area is 583 Å². The summed E-state index contributed by atoms with van der Waals surface area (Å²) in [6.45, 7) is 7.89. The minimum absolute atomic E-state index is 0.00791. The van der Waals surface area contributed by atoms with Crippen LogP contribution in [0.15, 0.2) is 65.6 Å². The van der Waals surface area contributed by atoms with Crippen molar-refractivity contribution in [2.45, 2.75) is 69.7 Å². The predicted molar refractivity (Wildman–Crippen MR) is 359 cm³/mol. The Kier molecular flexibility index (Phi) is 26.1. The molecular weight excluding hydrogens is 1460 g/mol. The highest BCUT2D eigenvalue weighted by atomic mass is 32.2. The maximum atomic E-state index is 13.6. The fourth-order valence-corrected chi connectivity index (χ4v) is 15.3. The number of phosphoric acid groups is 3. The van der Waals surface area contributed by atoms with Crippen LogP contribution in [0.25, 0.3) is 16.7 Å². The zero-order valence-corrected chi connectivity index (χ0v) is 59.8. The van der Waals surface area contributed by atoms with Crippen LogP contribution in [0, 0.1) is 11.8 Å². The van der Waals surface area contributed by atoms with Gasteiger partial charge in [0.1, 0.15) is 54.2 Å². The van der Waals surface area contributed by atoms with Crippen LogP contribution < -0.4 is 46.8 Å². The van der Waals surface area contributed by atoms with Crippen LogP contribution in [0.4, 0.5) is 11.5 Å². The molecule has 1 saturated heterocycles. The van der Waals surface area contributed by atoms with Gasteiger partial charge in [0, 0.05) is 79.3 Å². The number of nitrogens with two attached hydrogens (primary N) is 1. The quantitative estimate of drug-likeness (QED) is 0.00841. The van der Waals surface area contributed by atoms with Crippen molar-refractivity contribution in [3.8, 4) is 23.3 Å². The van der Waals surface area contributed by atoms with Crippen molar-refractivity contribution < 1.29 is 135 Å². The highest BCUT2D eigenvalue weighted by molar-refractivity contribution is 7.86. The third-order valence-corrected chi connectivity index (χ3v) is 21.3. The van der Waals surface area contributed by atoms with Crippen LogP contribution in [0.5, 0.6) is 11.5 Å². The lowest BCUT2D eigenvalue weighted by Gasteiger charge is -2.41. The normalized spacial score (nSPS) is 19.5. The van der Waals surface area contributed by atoms with Gasteiger partial charge in [-0.1, -0.05) is 24.0 Å². The van der Waals surface area contributed by atoms with Crippen LogP contribution in [-0.4, -0.2) is 229 Å². The number of likely N-dealkylation sites (N-methyl/N-ethyl adjacent to an activating group) is 2. The van der Waals surface area contributed by atoms with E-state index in [1.54, 1.807) is 50.5 Å². The van der Waals surface area contributed by atoms with Crippen molar-refractivity contribution >= 4 is 89.7 Å². The Morgan fingerprint density at radius 1 is 0.745 bits per heavy atom. The van der Waals surface area contributed by atoms with Gasteiger partial charge in [-0.2, -0.15) is 30.4 Å². The van der Waals surface area contributed by atoms with Crippen LogP contribution in [0.1, 0.15) is 88.9 Å². The van der Waals surface area contributed by atoms with E-state index in [1.165, 1.54) is 18.2 Å². The van der Waals surface area contributed by atoms with Gasteiger partial charge in [-0.25, -0.2) is 27.9 Å². The molecule has 0 saturated carbocycles. The van der Waals surface area contributed by atoms with Gasteiger partial charge in [0.15, 0.2) is 11.8 Å². The lowest BCUT2D eigenvalue weighted by molar-refractivity contribution is -0.122. The standard InChI is InChI=1S/C60H76N7O30P3S2/c1-59(2)29-37(33-101(82,83)84)40-25-43-47(27-45(40)65(59)5)94-48-28-46-41(38(34-102(85,86)87)30-60(3,4)66(46)6)26-44(48)51(43)39-10-9-35(24-42(39)57(72)73)55(71)63-13-15-89-17-19-91-21-23-92-22-20-90-18-16-88-14-11-50(68)62-12-7-8-36-31-67(58(74)64-54(36)61)56-53(70)52(69)49(95-56)32-93-99(78,79)97-100(80,81)96-98(75,76)77/h9-10,24-31,49,52-53,56,69-70H,11-23,32-34H2,1-6H3,(H10-,61,62,63,64,68,71,72,73,74,75,76,77,78,79,80,81,82,83,84,85,86,87)/p+1/t49-,52-,53-,56-/m1/s1. The number of carboxylic acid groups (broad SMARTS) is 1. The molecule has 102 heavy (non-hydrogen) atoms. The van der Waals surface area contributed by atoms with Crippen LogP contribution in [0.3, 0.4) is 0 Å². The number of fused-ring (bicyclic) bond motifs is 4. The zero-order valence-electron chi connectivity index (χ0n) is 55.5. The van der Waals surface area contributed by atoms with E-state index in [0.717, 1.165) is 6.20 Å². The molecule has 4 aliphatic rings. The molecule has 0 bridgehead atoms. The number of aliphatic hydroxyl groups excluding tert-OH is 2. The van der Waals surface area contributed by atoms with Gasteiger partial charge in [-0.15, -0.1) is 0 Å². The second-order valence-corrected chi connectivity index (χ2v) is 31.6. The van der Waals surface area contributed by atoms with E-state index in [4.69, 9.17) is 48.7 Å². The fourth-order valence-electron chi connectivity index (χ4n) is 11.0. The van der Waals surface area contributed by atoms with Gasteiger partial charge in [0.2, 0.25) is 11.3 Å². The topological polar surface area (TPSA) is 536 Å². The zero-order chi connectivity index (χ0) is 75.1. The molecule has 0 aliphatic carbocycles. The first-order chi connectivity index (χ1) is 47.5. The smallest absolute Gasteiger partial charge is 0.478 e. The lowest BCUT2D eigenvalue weighted by Crippen LogP contribution is -2.47. The highest BCUT2D eigenvalue weighted by Crippen LogP contribution is 2.66. The molecule has 1 fully saturated rings. The first-order valence-electron chi connectivity index (χ1n) is 30.8. The maximum absolute atomic E-state index is 13.6. The van der Waals surface area contributed by atoms with Crippen molar-refractivity contribution in [1.29, 1.82) is 0 Å². The molecule has 4 aliphatic heterocycles. The monoisotopic (exact) mass is 1530 g/mol. The van der Waals surface area contributed by atoms with E-state index < -0.39 is 121 Å². The molecular formula is C60H77N7O30P3S2+. The van der Waals surface area contributed by atoms with Crippen molar-refractivity contribution in [1.82, 2.24) is 24.8 Å². The number of anilines is 2. The SMILES string of the molecule is CN1c2cc3c(cc2C(CS(=O)(=O)O)=CC1(C)C)C(c1ccc(C(=O)NCCOCCOCCOCCOCCOCCC(=O)NCC#Cc2cn([C@@H]4O[C@H](COP(=O)(O)OP(=O)(O)OP(=O)(O)O)[C@@H](O)[C@H]4O)c(=O)nc2N)cc1C(=O)O)=c1cc2c(cc1O3)=[N+](C)C(C)(C)C=C2CS(=O)(=O)O. The molecule has 3 aromatic carbocycles. The second-order valence-electron chi connectivity index (χ2n) is 24.3. The predicted octanol–water partition coefficient (Wildman–Crippen LogP) is -0.106. The van der Waals surface area contributed by atoms with Crippen LogP contribution in [0.2, 0.25) is 0 Å². The number of rotatable bonds is 34. The third-order valence-electron chi connectivity index (χ3n) is 16.1. The van der Waals surface area contributed by atoms with Crippen molar-refractivity contribution in [3.63, 3.8) is 0 Å². The van der Waals surface area contributed by atoms with Gasteiger partial charge in [0.05, 0.1) is 108 Å². The number of carbonyl (C=O) groups excluding carboxylic acids is 2. The number of aromatic carboxylic acids is 1. The summed E-state index contributed by atoms with van der Waals surface area (Å²) >= 11 is 0. The Hall–Kier alpha value is -7.03. The number of nitrogens with zero attached hydrogens (tertiary/aromatic N) is 4. The largest absolute Gasteiger partial charge is 0.490 e. The van der Waals surface area contributed by atoms with Gasteiger partial charge < -0.3 is 89.3 Å². The molecule has 37 nitrogen and oxygen atoms in total. The summed E-state index contributed by atoms with van der Waals surface area (Å²) in [5, 5.41) is 38.0. The molecule has 0 radical (unpaired) electrons. The number of carbonyl (C=O) groups is 3. The molecule has 558 valence electrons. The highest BCUT2D eigenvalue weighted by Gasteiger charge is 2.47. The number of aliphatic hydroxyl groups is 2. The molecule has 8 rings (SSSR count). The summed E-state index contributed by atoms with van der Waals surface area (Å²) in [5.74, 6) is 1.40. The molecule has 2 amide bonds. The number of hydrogen-bond acceptors (Lipinski definition) is 26. The third kappa shape index (κ3) is 21.3. The van der Waals surface area contributed by atoms with Crippen molar-refractivity contribution in [2.24, 2.45) is 0 Å². The molecule has 2 unspecified atom stereocenters. The van der Waals surface area contributed by atoms with E-state index in [0.29, 0.717) is 37.5 Å². The summed E-state index contributed by atoms with van der Waals surface area (Å²) in [7, 11) is -22.7. The number of ether oxygens (including phenoxy) is 7. The number of nitrogen functional groups attached to an aromatic ring is 1. The number of phosphoric ester groups is 1. The van der Waals surface area contributed by atoms with Gasteiger partial charge in [0.25, 0.3) is 26.1 Å². The molecule has 1 aromatic heterocycles. The second kappa shape index (κ2) is 33.0. The number of benzene rings is 3. The van der Waals surface area contributed by atoms with Crippen molar-refractivity contribution in [3.05, 3.63) is 121 Å². The molecule has 6 atom stereocenters. The Morgan fingerprint density at radius 3 is 1.94 bits per heavy atom. The summed E-state index contributed by atoms with van der Waals surface area (Å²) in [6, 6.07) is 10.8. The average Bonchev–Trinajstić information content (AvgIpc) is 0.841. The molecule has 5 heterocycles. The minimum atomic E-state index is -5.86. The van der Waals surface area contributed by atoms with Gasteiger partial charge >= 0.3 is 35.1 Å². The van der Waals surface area contributed by atoms with Crippen LogP contribution >= 0.6 is 23.5 Å². The number of amides is 2. The summed E-state index contributed by atoms with van der Waals surface area (Å²) in [4.78, 5) is 93.9. The number of nitrogens with one attached hydrogen (secondary N) is 2. The Morgan fingerprint density at radius 2 is 1.34 bits per heavy atom. The summed E-state index contributed by atoms with van der Waals surface area (Å²) in [6.07, 6.45) is -2.90.